The van der Waals surface area contributed by atoms with Gasteiger partial charge in [-0.15, -0.1) is 0 Å². The van der Waals surface area contributed by atoms with Crippen LogP contribution in [0.2, 0.25) is 0 Å². The Morgan fingerprint density at radius 1 is 1.26 bits per heavy atom. The minimum absolute atomic E-state index is 0.0389. The van der Waals surface area contributed by atoms with Crippen LogP contribution < -0.4 is 0 Å². The van der Waals surface area contributed by atoms with Crippen LogP contribution >= 0.6 is 0 Å². The van der Waals surface area contributed by atoms with E-state index >= 15 is 0 Å². The summed E-state index contributed by atoms with van der Waals surface area (Å²) in [5.41, 5.74) is 0. The van der Waals surface area contributed by atoms with Gasteiger partial charge in [-0.3, -0.25) is 4.79 Å². The molecule has 1 N–H and O–H groups in total. The van der Waals surface area contributed by atoms with E-state index in [4.69, 9.17) is 5.11 Å². The zero-order chi connectivity index (χ0) is 13.8. The Hall–Kier alpha value is -1.30. The first-order chi connectivity index (χ1) is 9.08. The summed E-state index contributed by atoms with van der Waals surface area (Å²) in [5.74, 6) is -1.19. The minimum Gasteiger partial charge on any atom is -0.481 e. The van der Waals surface area contributed by atoms with Gasteiger partial charge in [0.05, 0.1) is 5.92 Å². The molecule has 2 aliphatic rings. The number of carboxylic acid groups (broad SMARTS) is 1. The van der Waals surface area contributed by atoms with Crippen LogP contribution in [-0.4, -0.2) is 78.1 Å². The van der Waals surface area contributed by atoms with Gasteiger partial charge in [-0.2, -0.15) is 0 Å². The highest BCUT2D eigenvalue weighted by atomic mass is 16.4. The van der Waals surface area contributed by atoms with Crippen LogP contribution in [0.3, 0.4) is 0 Å². The lowest BCUT2D eigenvalue weighted by Gasteiger charge is -2.26. The molecule has 1 atom stereocenters. The third-order valence-corrected chi connectivity index (χ3v) is 4.08. The van der Waals surface area contributed by atoms with E-state index < -0.39 is 11.9 Å². The zero-order valence-corrected chi connectivity index (χ0v) is 11.5. The van der Waals surface area contributed by atoms with Crippen LogP contribution in [0, 0.1) is 5.92 Å². The number of amides is 2. The van der Waals surface area contributed by atoms with Gasteiger partial charge >= 0.3 is 12.0 Å². The Morgan fingerprint density at radius 3 is 2.53 bits per heavy atom. The molecule has 0 aromatic rings. The Kier molecular flexibility index (Phi) is 4.63. The SMILES string of the molecule is CN(CCN1CCCC1)C(=O)N1CCC(C(=O)O)C1. The van der Waals surface area contributed by atoms with Crippen LogP contribution in [0.1, 0.15) is 19.3 Å². The number of likely N-dealkylation sites (tertiary alicyclic amines) is 2. The van der Waals surface area contributed by atoms with Crippen molar-refractivity contribution < 1.29 is 14.7 Å². The molecule has 0 spiro atoms. The normalized spacial score (nSPS) is 23.8. The van der Waals surface area contributed by atoms with Gasteiger partial charge in [0, 0.05) is 33.2 Å². The van der Waals surface area contributed by atoms with Crippen molar-refractivity contribution in [2.45, 2.75) is 19.3 Å². The van der Waals surface area contributed by atoms with E-state index in [1.807, 2.05) is 0 Å². The van der Waals surface area contributed by atoms with E-state index in [1.165, 1.54) is 12.8 Å². The number of aliphatic carboxylic acids is 1. The molecule has 0 aromatic carbocycles. The molecule has 19 heavy (non-hydrogen) atoms. The third-order valence-electron chi connectivity index (χ3n) is 4.08. The molecule has 2 aliphatic heterocycles. The minimum atomic E-state index is -0.796. The summed E-state index contributed by atoms with van der Waals surface area (Å²) >= 11 is 0. The van der Waals surface area contributed by atoms with Crippen molar-refractivity contribution in [2.75, 3.05) is 46.3 Å². The van der Waals surface area contributed by atoms with Crippen molar-refractivity contribution in [3.63, 3.8) is 0 Å². The third kappa shape index (κ3) is 3.59. The fourth-order valence-electron chi connectivity index (χ4n) is 2.77. The Balaban J connectivity index is 1.74. The predicted molar refractivity (Wildman–Crippen MR) is 71.0 cm³/mol. The molecule has 0 bridgehead atoms. The van der Waals surface area contributed by atoms with E-state index in [0.29, 0.717) is 26.1 Å². The van der Waals surface area contributed by atoms with Crippen molar-refractivity contribution in [3.05, 3.63) is 0 Å². The fraction of sp³-hybridized carbons (Fsp3) is 0.846. The monoisotopic (exact) mass is 269 g/mol. The first-order valence-corrected chi connectivity index (χ1v) is 7.03. The summed E-state index contributed by atoms with van der Waals surface area (Å²) in [5, 5.41) is 8.94. The number of carbonyl (C=O) groups excluding carboxylic acids is 1. The van der Waals surface area contributed by atoms with Gasteiger partial charge in [-0.05, 0) is 32.4 Å². The molecule has 6 nitrogen and oxygen atoms in total. The number of carbonyl (C=O) groups is 2. The summed E-state index contributed by atoms with van der Waals surface area (Å²) in [6.45, 7) is 4.80. The van der Waals surface area contributed by atoms with Crippen molar-refractivity contribution in [1.29, 1.82) is 0 Å². The number of hydrogen-bond donors (Lipinski definition) is 1. The highest BCUT2D eigenvalue weighted by Gasteiger charge is 2.32. The first kappa shape index (κ1) is 14.1. The number of likely N-dealkylation sites (N-methyl/N-ethyl adjacent to an activating group) is 1. The lowest BCUT2D eigenvalue weighted by molar-refractivity contribution is -0.141. The summed E-state index contributed by atoms with van der Waals surface area (Å²) in [6, 6.07) is -0.0389. The molecule has 0 aromatic heterocycles. The molecule has 2 amide bonds. The maximum Gasteiger partial charge on any atom is 0.319 e. The number of rotatable bonds is 4. The molecule has 1 unspecified atom stereocenters. The van der Waals surface area contributed by atoms with Crippen LogP contribution in [0.25, 0.3) is 0 Å². The summed E-state index contributed by atoms with van der Waals surface area (Å²) in [7, 11) is 1.80. The quantitative estimate of drug-likeness (QED) is 0.809. The van der Waals surface area contributed by atoms with Gasteiger partial charge in [0.15, 0.2) is 0 Å². The summed E-state index contributed by atoms with van der Waals surface area (Å²) < 4.78 is 0. The lowest BCUT2D eigenvalue weighted by Crippen LogP contribution is -2.43. The molecule has 6 heteroatoms. The Labute approximate surface area is 114 Å². The molecule has 2 heterocycles. The number of urea groups is 1. The van der Waals surface area contributed by atoms with Gasteiger partial charge in [0.25, 0.3) is 0 Å². The van der Waals surface area contributed by atoms with Gasteiger partial charge in [0.2, 0.25) is 0 Å². The molecule has 2 rings (SSSR count). The number of hydrogen-bond acceptors (Lipinski definition) is 3. The lowest BCUT2D eigenvalue weighted by atomic mass is 10.1. The van der Waals surface area contributed by atoms with E-state index in [0.717, 1.165) is 19.6 Å². The smallest absolute Gasteiger partial charge is 0.319 e. The van der Waals surface area contributed by atoms with Gasteiger partial charge in [0.1, 0.15) is 0 Å². The van der Waals surface area contributed by atoms with Crippen LogP contribution in [0.5, 0.6) is 0 Å². The highest BCUT2D eigenvalue weighted by molar-refractivity contribution is 5.77. The van der Waals surface area contributed by atoms with Crippen molar-refractivity contribution >= 4 is 12.0 Å². The van der Waals surface area contributed by atoms with Gasteiger partial charge < -0.3 is 19.8 Å². The topological polar surface area (TPSA) is 64.1 Å². The number of carboxylic acids is 1. The maximum atomic E-state index is 12.2. The second-order valence-corrected chi connectivity index (χ2v) is 5.52. The zero-order valence-electron chi connectivity index (χ0n) is 11.5. The van der Waals surface area contributed by atoms with Crippen LogP contribution in [-0.2, 0) is 4.79 Å². The largest absolute Gasteiger partial charge is 0.481 e. The first-order valence-electron chi connectivity index (χ1n) is 7.03. The van der Waals surface area contributed by atoms with Gasteiger partial charge in [-0.25, -0.2) is 4.79 Å². The second kappa shape index (κ2) is 6.23. The predicted octanol–water partition coefficient (Wildman–Crippen LogP) is 0.540. The molecule has 2 saturated heterocycles. The van der Waals surface area contributed by atoms with Crippen molar-refractivity contribution in [2.24, 2.45) is 5.92 Å². The van der Waals surface area contributed by atoms with E-state index in [-0.39, 0.29) is 6.03 Å². The fourth-order valence-corrected chi connectivity index (χ4v) is 2.77. The highest BCUT2D eigenvalue weighted by Crippen LogP contribution is 2.17. The molecular formula is C13H23N3O3. The Morgan fingerprint density at radius 2 is 1.95 bits per heavy atom. The summed E-state index contributed by atoms with van der Waals surface area (Å²) in [6.07, 6.45) is 3.08. The molecule has 0 aliphatic carbocycles. The maximum absolute atomic E-state index is 12.2. The van der Waals surface area contributed by atoms with E-state index in [2.05, 4.69) is 4.90 Å². The summed E-state index contributed by atoms with van der Waals surface area (Å²) in [4.78, 5) is 28.8. The van der Waals surface area contributed by atoms with Crippen LogP contribution in [0.15, 0.2) is 0 Å². The number of nitrogens with zero attached hydrogens (tertiary/aromatic N) is 3. The molecule has 0 radical (unpaired) electrons. The van der Waals surface area contributed by atoms with Crippen LogP contribution in [0.4, 0.5) is 4.79 Å². The van der Waals surface area contributed by atoms with Crippen molar-refractivity contribution in [1.82, 2.24) is 14.7 Å². The molecule has 2 fully saturated rings. The average molecular weight is 269 g/mol. The molecule has 0 saturated carbocycles. The molecular weight excluding hydrogens is 246 g/mol. The average Bonchev–Trinajstić information content (AvgIpc) is 3.05. The second-order valence-electron chi connectivity index (χ2n) is 5.52. The Bertz CT molecular complexity index is 342. The van der Waals surface area contributed by atoms with Gasteiger partial charge in [-0.1, -0.05) is 0 Å². The van der Waals surface area contributed by atoms with E-state index in [9.17, 15) is 9.59 Å². The standard InChI is InChI=1S/C13H23N3O3/c1-14(8-9-15-5-2-3-6-15)13(19)16-7-4-11(10-16)12(17)18/h11H,2-10H2,1H3,(H,17,18). The van der Waals surface area contributed by atoms with E-state index in [1.54, 1.807) is 16.8 Å². The molecule has 108 valence electrons. The van der Waals surface area contributed by atoms with Crippen molar-refractivity contribution in [3.8, 4) is 0 Å².